The summed E-state index contributed by atoms with van der Waals surface area (Å²) >= 11 is 0. The second-order valence-electron chi connectivity index (χ2n) is 5.28. The molecular formula is C17H21N3O. The highest BCUT2D eigenvalue weighted by Crippen LogP contribution is 2.15. The summed E-state index contributed by atoms with van der Waals surface area (Å²) < 4.78 is 5.75. The summed E-state index contributed by atoms with van der Waals surface area (Å²) in [7, 11) is 0. The minimum atomic E-state index is 0.512. The lowest BCUT2D eigenvalue weighted by Crippen LogP contribution is -2.42. The smallest absolute Gasteiger partial charge is 0.130 e. The summed E-state index contributed by atoms with van der Waals surface area (Å²) in [4.78, 5) is 6.72. The molecule has 1 aliphatic heterocycles. The molecule has 1 aromatic carbocycles. The predicted octanol–water partition coefficient (Wildman–Crippen LogP) is 2.07. The molecule has 3 rings (SSSR count). The van der Waals surface area contributed by atoms with Crippen LogP contribution < -0.4 is 10.1 Å². The molecule has 110 valence electrons. The van der Waals surface area contributed by atoms with Gasteiger partial charge in [0.05, 0.1) is 5.69 Å². The van der Waals surface area contributed by atoms with Crippen LogP contribution in [0.25, 0.3) is 0 Å². The van der Waals surface area contributed by atoms with Crippen LogP contribution in [0.5, 0.6) is 5.75 Å². The minimum Gasteiger partial charge on any atom is -0.487 e. The van der Waals surface area contributed by atoms with E-state index < -0.39 is 0 Å². The Balaban J connectivity index is 1.51. The fourth-order valence-corrected chi connectivity index (χ4v) is 2.46. The largest absolute Gasteiger partial charge is 0.487 e. The lowest BCUT2D eigenvalue weighted by molar-refractivity contribution is 0.233. The summed E-state index contributed by atoms with van der Waals surface area (Å²) in [6, 6.07) is 14.2. The van der Waals surface area contributed by atoms with Crippen molar-refractivity contribution in [1.29, 1.82) is 0 Å². The van der Waals surface area contributed by atoms with E-state index in [-0.39, 0.29) is 0 Å². The van der Waals surface area contributed by atoms with Crippen molar-refractivity contribution in [3.8, 4) is 5.75 Å². The van der Waals surface area contributed by atoms with Gasteiger partial charge in [-0.2, -0.15) is 0 Å². The van der Waals surface area contributed by atoms with Crippen LogP contribution in [-0.2, 0) is 13.2 Å². The van der Waals surface area contributed by atoms with Gasteiger partial charge in [0, 0.05) is 38.9 Å². The summed E-state index contributed by atoms with van der Waals surface area (Å²) in [5.74, 6) is 0.893. The standard InChI is InChI=1S/C17H21N3O/c1-2-8-19-16(3-1)14-21-17-6-4-15(5-7-17)13-20-11-9-18-10-12-20/h1-8,18H,9-14H2. The molecule has 0 saturated carbocycles. The summed E-state index contributed by atoms with van der Waals surface area (Å²) in [6.07, 6.45) is 1.79. The molecule has 0 aliphatic carbocycles. The maximum absolute atomic E-state index is 5.75. The molecule has 0 amide bonds. The third-order valence-corrected chi connectivity index (χ3v) is 3.65. The zero-order chi connectivity index (χ0) is 14.3. The van der Waals surface area contributed by atoms with E-state index in [2.05, 4.69) is 27.3 Å². The molecular weight excluding hydrogens is 262 g/mol. The van der Waals surface area contributed by atoms with Gasteiger partial charge in [-0.15, -0.1) is 0 Å². The average molecular weight is 283 g/mol. The van der Waals surface area contributed by atoms with Gasteiger partial charge in [0.2, 0.25) is 0 Å². The van der Waals surface area contributed by atoms with Gasteiger partial charge in [-0.1, -0.05) is 18.2 Å². The van der Waals surface area contributed by atoms with Crippen LogP contribution in [-0.4, -0.2) is 36.1 Å². The van der Waals surface area contributed by atoms with Crippen LogP contribution in [0.4, 0.5) is 0 Å². The van der Waals surface area contributed by atoms with Gasteiger partial charge in [0.1, 0.15) is 12.4 Å². The summed E-state index contributed by atoms with van der Waals surface area (Å²) in [6.45, 7) is 5.95. The number of nitrogens with one attached hydrogen (secondary N) is 1. The minimum absolute atomic E-state index is 0.512. The van der Waals surface area contributed by atoms with Crippen molar-refractivity contribution in [3.63, 3.8) is 0 Å². The van der Waals surface area contributed by atoms with E-state index in [9.17, 15) is 0 Å². The molecule has 0 spiro atoms. The Kier molecular flexibility index (Phi) is 4.82. The van der Waals surface area contributed by atoms with Crippen LogP contribution in [0.2, 0.25) is 0 Å². The first-order valence-electron chi connectivity index (χ1n) is 7.45. The fourth-order valence-electron chi connectivity index (χ4n) is 2.46. The van der Waals surface area contributed by atoms with E-state index in [0.29, 0.717) is 6.61 Å². The summed E-state index contributed by atoms with van der Waals surface area (Å²) in [5.41, 5.74) is 2.28. The second-order valence-corrected chi connectivity index (χ2v) is 5.28. The van der Waals surface area contributed by atoms with E-state index in [1.54, 1.807) is 6.20 Å². The van der Waals surface area contributed by atoms with Crippen LogP contribution in [0.1, 0.15) is 11.3 Å². The predicted molar refractivity (Wildman–Crippen MR) is 83.2 cm³/mol. The highest BCUT2D eigenvalue weighted by Gasteiger charge is 2.09. The van der Waals surface area contributed by atoms with Gasteiger partial charge in [-0.3, -0.25) is 9.88 Å². The Morgan fingerprint density at radius 2 is 1.86 bits per heavy atom. The molecule has 4 heteroatoms. The van der Waals surface area contributed by atoms with Crippen molar-refractivity contribution < 1.29 is 4.74 Å². The number of pyridine rings is 1. The molecule has 2 aromatic rings. The van der Waals surface area contributed by atoms with Gasteiger partial charge in [0.15, 0.2) is 0 Å². The Morgan fingerprint density at radius 3 is 2.57 bits per heavy atom. The zero-order valence-corrected chi connectivity index (χ0v) is 12.2. The van der Waals surface area contributed by atoms with E-state index in [0.717, 1.165) is 44.2 Å². The first-order valence-corrected chi connectivity index (χ1v) is 7.45. The average Bonchev–Trinajstić information content (AvgIpc) is 2.56. The molecule has 1 aromatic heterocycles. The highest BCUT2D eigenvalue weighted by molar-refractivity contribution is 5.27. The fraction of sp³-hybridized carbons (Fsp3) is 0.353. The number of piperazine rings is 1. The third-order valence-electron chi connectivity index (χ3n) is 3.65. The van der Waals surface area contributed by atoms with E-state index in [1.807, 2.05) is 30.3 Å². The summed E-state index contributed by atoms with van der Waals surface area (Å²) in [5, 5.41) is 3.37. The van der Waals surface area contributed by atoms with Crippen LogP contribution in [0.15, 0.2) is 48.7 Å². The first-order chi connectivity index (χ1) is 10.4. The number of hydrogen-bond donors (Lipinski definition) is 1. The first kappa shape index (κ1) is 14.0. The molecule has 2 heterocycles. The van der Waals surface area contributed by atoms with Crippen molar-refractivity contribution in [2.45, 2.75) is 13.2 Å². The molecule has 0 bridgehead atoms. The monoisotopic (exact) mass is 283 g/mol. The van der Waals surface area contributed by atoms with Crippen LogP contribution >= 0.6 is 0 Å². The van der Waals surface area contributed by atoms with E-state index >= 15 is 0 Å². The molecule has 0 radical (unpaired) electrons. The molecule has 21 heavy (non-hydrogen) atoms. The van der Waals surface area contributed by atoms with Gasteiger partial charge >= 0.3 is 0 Å². The Hall–Kier alpha value is -1.91. The Bertz CT molecular complexity index is 536. The normalized spacial score (nSPS) is 15.8. The Labute approximate surface area is 125 Å². The van der Waals surface area contributed by atoms with Crippen LogP contribution in [0, 0.1) is 0 Å². The third kappa shape index (κ3) is 4.28. The van der Waals surface area contributed by atoms with Crippen LogP contribution in [0.3, 0.4) is 0 Å². The van der Waals surface area contributed by atoms with E-state index in [4.69, 9.17) is 4.74 Å². The number of hydrogen-bond acceptors (Lipinski definition) is 4. The maximum Gasteiger partial charge on any atom is 0.130 e. The quantitative estimate of drug-likeness (QED) is 0.911. The number of aromatic nitrogens is 1. The van der Waals surface area contributed by atoms with Crippen molar-refractivity contribution in [2.75, 3.05) is 26.2 Å². The molecule has 1 N–H and O–H groups in total. The molecule has 0 unspecified atom stereocenters. The van der Waals surface area contributed by atoms with Crippen molar-refractivity contribution in [3.05, 3.63) is 59.9 Å². The lowest BCUT2D eigenvalue weighted by atomic mass is 10.2. The molecule has 1 fully saturated rings. The number of benzene rings is 1. The molecule has 4 nitrogen and oxygen atoms in total. The molecule has 1 saturated heterocycles. The maximum atomic E-state index is 5.75. The Morgan fingerprint density at radius 1 is 1.05 bits per heavy atom. The van der Waals surface area contributed by atoms with Crippen molar-refractivity contribution in [2.24, 2.45) is 0 Å². The number of rotatable bonds is 5. The molecule has 1 aliphatic rings. The SMILES string of the molecule is c1ccc(COc2ccc(CN3CCNCC3)cc2)nc1. The number of nitrogens with zero attached hydrogens (tertiary/aromatic N) is 2. The molecule has 0 atom stereocenters. The van der Waals surface area contributed by atoms with Gasteiger partial charge in [-0.05, 0) is 29.8 Å². The zero-order valence-electron chi connectivity index (χ0n) is 12.2. The van der Waals surface area contributed by atoms with E-state index in [1.165, 1.54) is 5.56 Å². The van der Waals surface area contributed by atoms with Gasteiger partial charge in [0.25, 0.3) is 0 Å². The topological polar surface area (TPSA) is 37.4 Å². The highest BCUT2D eigenvalue weighted by atomic mass is 16.5. The van der Waals surface area contributed by atoms with Crippen molar-refractivity contribution >= 4 is 0 Å². The van der Waals surface area contributed by atoms with Gasteiger partial charge in [-0.25, -0.2) is 0 Å². The number of ether oxygens (including phenoxy) is 1. The van der Waals surface area contributed by atoms with Crippen molar-refractivity contribution in [1.82, 2.24) is 15.2 Å². The van der Waals surface area contributed by atoms with Gasteiger partial charge < -0.3 is 10.1 Å². The second kappa shape index (κ2) is 7.20. The lowest BCUT2D eigenvalue weighted by Gasteiger charge is -2.27.